The van der Waals surface area contributed by atoms with Gasteiger partial charge in [-0.2, -0.15) is 0 Å². The molecule has 0 saturated heterocycles. The first-order valence-corrected chi connectivity index (χ1v) is 14.0. The van der Waals surface area contributed by atoms with E-state index in [4.69, 9.17) is 9.47 Å². The van der Waals surface area contributed by atoms with Crippen LogP contribution in [0.15, 0.2) is 78.9 Å². The molecular formula is C33H37N3O5. The van der Waals surface area contributed by atoms with E-state index in [1.165, 1.54) is 4.90 Å². The SMILES string of the molecule is C[C@H]1CN([C@@H](C)CO)C(=O)c2c(c3ccccc3n2C)-c2ccccc2CO[C@@H]1CN(C)C(=O)Oc1ccccc1. The Kier molecular flexibility index (Phi) is 8.42. The van der Waals surface area contributed by atoms with Gasteiger partial charge in [-0.25, -0.2) is 4.79 Å². The average molecular weight is 556 g/mol. The van der Waals surface area contributed by atoms with Gasteiger partial charge in [0, 0.05) is 43.0 Å². The number of amides is 2. The van der Waals surface area contributed by atoms with Gasteiger partial charge in [0.05, 0.1) is 31.9 Å². The third kappa shape index (κ3) is 5.71. The predicted molar refractivity (Wildman–Crippen MR) is 159 cm³/mol. The minimum absolute atomic E-state index is 0.153. The lowest BCUT2D eigenvalue weighted by atomic mass is 9.96. The summed E-state index contributed by atoms with van der Waals surface area (Å²) in [7, 11) is 3.60. The van der Waals surface area contributed by atoms with Crippen LogP contribution in [-0.4, -0.2) is 70.4 Å². The minimum Gasteiger partial charge on any atom is -0.410 e. The summed E-state index contributed by atoms with van der Waals surface area (Å²) in [6.45, 7) is 4.59. The summed E-state index contributed by atoms with van der Waals surface area (Å²) in [5, 5.41) is 11.2. The van der Waals surface area contributed by atoms with E-state index in [-0.39, 0.29) is 25.0 Å². The number of hydrogen-bond acceptors (Lipinski definition) is 5. The zero-order valence-electron chi connectivity index (χ0n) is 24.0. The smallest absolute Gasteiger partial charge is 0.410 e. The van der Waals surface area contributed by atoms with Crippen molar-refractivity contribution in [3.63, 3.8) is 0 Å². The van der Waals surface area contributed by atoms with Gasteiger partial charge in [0.2, 0.25) is 0 Å². The molecule has 2 heterocycles. The molecule has 5 rings (SSSR count). The number of fused-ring (bicyclic) bond motifs is 5. The lowest BCUT2D eigenvalue weighted by Gasteiger charge is -2.34. The van der Waals surface area contributed by atoms with Crippen molar-refractivity contribution in [2.24, 2.45) is 13.0 Å². The second-order valence-electron chi connectivity index (χ2n) is 10.8. The maximum Gasteiger partial charge on any atom is 0.415 e. The van der Waals surface area contributed by atoms with Crippen LogP contribution in [0.3, 0.4) is 0 Å². The number of para-hydroxylation sites is 2. The van der Waals surface area contributed by atoms with Crippen LogP contribution in [0.1, 0.15) is 29.9 Å². The molecule has 41 heavy (non-hydrogen) atoms. The van der Waals surface area contributed by atoms with Crippen LogP contribution >= 0.6 is 0 Å². The van der Waals surface area contributed by atoms with Crippen LogP contribution in [0.2, 0.25) is 0 Å². The molecule has 1 aliphatic heterocycles. The van der Waals surface area contributed by atoms with Crippen LogP contribution in [-0.2, 0) is 18.4 Å². The fourth-order valence-corrected chi connectivity index (χ4v) is 5.54. The van der Waals surface area contributed by atoms with Crippen molar-refractivity contribution in [1.29, 1.82) is 0 Å². The zero-order chi connectivity index (χ0) is 29.1. The molecule has 1 aromatic heterocycles. The lowest BCUT2D eigenvalue weighted by Crippen LogP contribution is -2.48. The van der Waals surface area contributed by atoms with Gasteiger partial charge in [0.1, 0.15) is 11.4 Å². The summed E-state index contributed by atoms with van der Waals surface area (Å²) in [6.07, 6.45) is -0.896. The Morgan fingerprint density at radius 3 is 2.51 bits per heavy atom. The summed E-state index contributed by atoms with van der Waals surface area (Å²) < 4.78 is 14.1. The van der Waals surface area contributed by atoms with E-state index in [0.717, 1.165) is 27.6 Å². The number of carbonyl (C=O) groups excluding carboxylic acids is 2. The fourth-order valence-electron chi connectivity index (χ4n) is 5.54. The largest absolute Gasteiger partial charge is 0.415 e. The van der Waals surface area contributed by atoms with Gasteiger partial charge in [-0.1, -0.05) is 67.6 Å². The number of carbonyl (C=O) groups is 2. The summed E-state index contributed by atoms with van der Waals surface area (Å²) >= 11 is 0. The van der Waals surface area contributed by atoms with Crippen LogP contribution in [0.4, 0.5) is 4.79 Å². The number of aromatic nitrogens is 1. The van der Waals surface area contributed by atoms with Crippen LogP contribution in [0.25, 0.3) is 22.0 Å². The van der Waals surface area contributed by atoms with Gasteiger partial charge < -0.3 is 28.9 Å². The van der Waals surface area contributed by atoms with Crippen molar-refractivity contribution in [2.75, 3.05) is 26.7 Å². The monoisotopic (exact) mass is 555 g/mol. The topological polar surface area (TPSA) is 84.2 Å². The molecule has 0 aliphatic carbocycles. The number of likely N-dealkylation sites (N-methyl/N-ethyl adjacent to an activating group) is 1. The first-order chi connectivity index (χ1) is 19.8. The standard InChI is InChI=1S/C33H37N3O5/c1-22-18-36(23(2)20-37)32(38)31-30(27-16-10-11-17-28(27)35(31)4)26-15-9-8-12-24(26)21-40-29(22)19-34(3)33(39)41-25-13-6-5-7-14-25/h5-17,22-23,29,37H,18-21H2,1-4H3/t22-,23-,29+/m0/s1. The predicted octanol–water partition coefficient (Wildman–Crippen LogP) is 5.33. The Bertz CT molecular complexity index is 1530. The van der Waals surface area contributed by atoms with E-state index >= 15 is 0 Å². The van der Waals surface area contributed by atoms with Gasteiger partial charge in [-0.3, -0.25) is 4.79 Å². The highest BCUT2D eigenvalue weighted by atomic mass is 16.6. The number of hydrogen-bond donors (Lipinski definition) is 1. The average Bonchev–Trinajstić information content (AvgIpc) is 3.28. The molecule has 0 bridgehead atoms. The summed E-state index contributed by atoms with van der Waals surface area (Å²) in [5.74, 6) is 0.149. The first-order valence-electron chi connectivity index (χ1n) is 14.0. The van der Waals surface area contributed by atoms with Crippen molar-refractivity contribution in [1.82, 2.24) is 14.4 Å². The minimum atomic E-state index is -0.489. The molecule has 1 N–H and O–H groups in total. The Morgan fingerprint density at radius 1 is 1.07 bits per heavy atom. The molecule has 4 aromatic rings. The van der Waals surface area contributed by atoms with E-state index in [1.807, 2.05) is 92.2 Å². The van der Waals surface area contributed by atoms with E-state index in [9.17, 15) is 14.7 Å². The normalized spacial score (nSPS) is 18.3. The summed E-state index contributed by atoms with van der Waals surface area (Å²) in [6, 6.07) is 24.5. The van der Waals surface area contributed by atoms with Gasteiger partial charge >= 0.3 is 6.09 Å². The van der Waals surface area contributed by atoms with Crippen LogP contribution in [0, 0.1) is 5.92 Å². The molecule has 1 aliphatic rings. The fraction of sp³-hybridized carbons (Fsp3) is 0.333. The third-order valence-electron chi connectivity index (χ3n) is 7.94. The molecule has 0 radical (unpaired) electrons. The van der Waals surface area contributed by atoms with E-state index in [1.54, 1.807) is 24.1 Å². The molecule has 214 valence electrons. The summed E-state index contributed by atoms with van der Waals surface area (Å²) in [5.41, 5.74) is 4.27. The van der Waals surface area contributed by atoms with E-state index < -0.39 is 18.2 Å². The van der Waals surface area contributed by atoms with E-state index in [2.05, 4.69) is 0 Å². The number of nitrogens with zero attached hydrogens (tertiary/aromatic N) is 3. The van der Waals surface area contributed by atoms with Crippen molar-refractivity contribution in [3.05, 3.63) is 90.1 Å². The Balaban J connectivity index is 1.55. The van der Waals surface area contributed by atoms with Crippen molar-refractivity contribution >= 4 is 22.9 Å². The third-order valence-corrected chi connectivity index (χ3v) is 7.94. The molecular weight excluding hydrogens is 518 g/mol. The number of benzene rings is 3. The number of aryl methyl sites for hydroxylation is 1. The molecule has 0 saturated carbocycles. The van der Waals surface area contributed by atoms with Gasteiger partial charge in [0.15, 0.2) is 0 Å². The van der Waals surface area contributed by atoms with Crippen molar-refractivity contribution in [3.8, 4) is 16.9 Å². The summed E-state index contributed by atoms with van der Waals surface area (Å²) in [4.78, 5) is 30.6. The highest BCUT2D eigenvalue weighted by Gasteiger charge is 2.34. The highest BCUT2D eigenvalue weighted by Crippen LogP contribution is 2.38. The zero-order valence-corrected chi connectivity index (χ0v) is 24.0. The number of aliphatic hydroxyl groups excluding tert-OH is 1. The van der Waals surface area contributed by atoms with Crippen molar-refractivity contribution < 1.29 is 24.2 Å². The maximum atomic E-state index is 14.4. The lowest BCUT2D eigenvalue weighted by molar-refractivity contribution is -0.0206. The van der Waals surface area contributed by atoms with E-state index in [0.29, 0.717) is 24.6 Å². The molecule has 0 unspecified atom stereocenters. The second kappa shape index (κ2) is 12.2. The van der Waals surface area contributed by atoms with Gasteiger partial charge in [0.25, 0.3) is 5.91 Å². The molecule has 3 aromatic carbocycles. The number of rotatable bonds is 5. The highest BCUT2D eigenvalue weighted by molar-refractivity contribution is 6.10. The molecule has 0 fully saturated rings. The molecule has 8 heteroatoms. The number of aliphatic hydroxyl groups is 1. The molecule has 0 spiro atoms. The Labute approximate surface area is 240 Å². The quantitative estimate of drug-likeness (QED) is 0.360. The molecule has 8 nitrogen and oxygen atoms in total. The van der Waals surface area contributed by atoms with Gasteiger partial charge in [-0.15, -0.1) is 0 Å². The Hall–Kier alpha value is -4.14. The molecule has 2 amide bonds. The van der Waals surface area contributed by atoms with Gasteiger partial charge in [-0.05, 0) is 36.2 Å². The maximum absolute atomic E-state index is 14.4. The van der Waals surface area contributed by atoms with Crippen LogP contribution < -0.4 is 4.74 Å². The van der Waals surface area contributed by atoms with Crippen molar-refractivity contribution in [2.45, 2.75) is 32.6 Å². The number of ether oxygens (including phenoxy) is 2. The van der Waals surface area contributed by atoms with Crippen LogP contribution in [0.5, 0.6) is 5.75 Å². The Morgan fingerprint density at radius 2 is 1.76 bits per heavy atom. The second-order valence-corrected chi connectivity index (χ2v) is 10.8. The first kappa shape index (κ1) is 28.4. The molecule has 3 atom stereocenters.